The lowest BCUT2D eigenvalue weighted by atomic mass is 9.81. The number of piperidine rings is 1. The fraction of sp³-hybridized carbons (Fsp3) is 0.550. The zero-order valence-corrected chi connectivity index (χ0v) is 15.0. The van der Waals surface area contributed by atoms with Gasteiger partial charge in [0.1, 0.15) is 5.60 Å². The SMILES string of the molecule is C[C@@H](C#Cc1ccccc1)C1(O)CCN(C(=O)OC(C)(C)C)CC1. The fourth-order valence-electron chi connectivity index (χ4n) is 2.68. The number of amides is 1. The summed E-state index contributed by atoms with van der Waals surface area (Å²) in [5.41, 5.74) is -0.418. The molecule has 1 aliphatic heterocycles. The molecule has 24 heavy (non-hydrogen) atoms. The molecule has 1 saturated heterocycles. The Kier molecular flexibility index (Phi) is 5.56. The van der Waals surface area contributed by atoms with Crippen LogP contribution in [-0.2, 0) is 4.74 Å². The van der Waals surface area contributed by atoms with Crippen molar-refractivity contribution in [1.29, 1.82) is 0 Å². The normalized spacial score (nSPS) is 18.3. The van der Waals surface area contributed by atoms with E-state index in [0.717, 1.165) is 5.56 Å². The number of carbonyl (C=O) groups is 1. The van der Waals surface area contributed by atoms with Crippen molar-refractivity contribution in [3.05, 3.63) is 35.9 Å². The molecule has 0 aliphatic carbocycles. The van der Waals surface area contributed by atoms with E-state index in [1.807, 2.05) is 58.0 Å². The number of nitrogens with zero attached hydrogens (tertiary/aromatic N) is 1. The van der Waals surface area contributed by atoms with Crippen LogP contribution in [0.15, 0.2) is 30.3 Å². The highest BCUT2D eigenvalue weighted by molar-refractivity contribution is 5.68. The van der Waals surface area contributed by atoms with Gasteiger partial charge in [0.2, 0.25) is 0 Å². The summed E-state index contributed by atoms with van der Waals surface area (Å²) in [6.45, 7) is 8.48. The van der Waals surface area contributed by atoms with Gasteiger partial charge in [-0.2, -0.15) is 0 Å². The van der Waals surface area contributed by atoms with E-state index < -0.39 is 11.2 Å². The average molecular weight is 329 g/mol. The van der Waals surface area contributed by atoms with Crippen LogP contribution in [0, 0.1) is 17.8 Å². The van der Waals surface area contributed by atoms with Crippen molar-refractivity contribution < 1.29 is 14.6 Å². The maximum absolute atomic E-state index is 12.1. The van der Waals surface area contributed by atoms with Crippen LogP contribution in [0.1, 0.15) is 46.1 Å². The predicted molar refractivity (Wildman–Crippen MR) is 94.5 cm³/mol. The summed E-state index contributed by atoms with van der Waals surface area (Å²) in [4.78, 5) is 13.8. The van der Waals surface area contributed by atoms with E-state index in [1.54, 1.807) is 4.90 Å². The Morgan fingerprint density at radius 1 is 1.25 bits per heavy atom. The van der Waals surface area contributed by atoms with E-state index in [9.17, 15) is 9.90 Å². The van der Waals surface area contributed by atoms with Crippen LogP contribution < -0.4 is 0 Å². The molecule has 0 radical (unpaired) electrons. The molecular formula is C20H27NO3. The smallest absolute Gasteiger partial charge is 0.410 e. The monoisotopic (exact) mass is 329 g/mol. The Morgan fingerprint density at radius 2 is 1.83 bits per heavy atom. The highest BCUT2D eigenvalue weighted by Crippen LogP contribution is 2.30. The molecule has 2 rings (SSSR count). The van der Waals surface area contributed by atoms with Gasteiger partial charge in [-0.15, -0.1) is 0 Å². The maximum atomic E-state index is 12.1. The van der Waals surface area contributed by atoms with Gasteiger partial charge >= 0.3 is 6.09 Å². The predicted octanol–water partition coefficient (Wildman–Crippen LogP) is 3.44. The van der Waals surface area contributed by atoms with Crippen molar-refractivity contribution in [3.63, 3.8) is 0 Å². The first-order chi connectivity index (χ1) is 11.2. The van der Waals surface area contributed by atoms with E-state index in [-0.39, 0.29) is 12.0 Å². The van der Waals surface area contributed by atoms with Gasteiger partial charge < -0.3 is 14.7 Å². The molecular weight excluding hydrogens is 302 g/mol. The van der Waals surface area contributed by atoms with Gasteiger partial charge in [-0.05, 0) is 52.7 Å². The molecule has 1 amide bonds. The summed E-state index contributed by atoms with van der Waals surface area (Å²) < 4.78 is 5.39. The molecule has 0 saturated carbocycles. The van der Waals surface area contributed by atoms with E-state index in [1.165, 1.54) is 0 Å². The minimum absolute atomic E-state index is 0.154. The first kappa shape index (κ1) is 18.4. The second-order valence-corrected chi connectivity index (χ2v) is 7.43. The zero-order chi connectivity index (χ0) is 17.8. The molecule has 1 aromatic carbocycles. The number of aliphatic hydroxyl groups is 1. The molecule has 1 heterocycles. The van der Waals surface area contributed by atoms with Crippen LogP contribution >= 0.6 is 0 Å². The summed E-state index contributed by atoms with van der Waals surface area (Å²) in [7, 11) is 0. The molecule has 1 fully saturated rings. The van der Waals surface area contributed by atoms with Gasteiger partial charge in [0.05, 0.1) is 5.60 Å². The minimum atomic E-state index is -0.861. The first-order valence-electron chi connectivity index (χ1n) is 8.46. The minimum Gasteiger partial charge on any atom is -0.444 e. The Labute approximate surface area is 144 Å². The van der Waals surface area contributed by atoms with Gasteiger partial charge in [-0.1, -0.05) is 30.0 Å². The number of ether oxygens (including phenoxy) is 1. The number of hydrogen-bond donors (Lipinski definition) is 1. The van der Waals surface area contributed by atoms with Crippen molar-refractivity contribution in [2.45, 2.75) is 51.7 Å². The molecule has 0 spiro atoms. The highest BCUT2D eigenvalue weighted by Gasteiger charge is 2.38. The summed E-state index contributed by atoms with van der Waals surface area (Å²) >= 11 is 0. The van der Waals surface area contributed by atoms with Gasteiger partial charge in [0.15, 0.2) is 0 Å². The van der Waals surface area contributed by atoms with Crippen LogP contribution in [0.3, 0.4) is 0 Å². The van der Waals surface area contributed by atoms with Crippen LogP contribution in [-0.4, -0.2) is 40.4 Å². The molecule has 1 aliphatic rings. The molecule has 1 N–H and O–H groups in total. The lowest BCUT2D eigenvalue weighted by Crippen LogP contribution is -2.50. The quantitative estimate of drug-likeness (QED) is 0.803. The molecule has 4 nitrogen and oxygen atoms in total. The number of likely N-dealkylation sites (tertiary alicyclic amines) is 1. The van der Waals surface area contributed by atoms with Crippen LogP contribution in [0.4, 0.5) is 4.79 Å². The molecule has 130 valence electrons. The third-order valence-corrected chi connectivity index (χ3v) is 4.29. The van der Waals surface area contributed by atoms with E-state index >= 15 is 0 Å². The number of hydrogen-bond acceptors (Lipinski definition) is 3. The second-order valence-electron chi connectivity index (χ2n) is 7.43. The van der Waals surface area contributed by atoms with Crippen molar-refractivity contribution in [1.82, 2.24) is 4.90 Å². The summed E-state index contributed by atoms with van der Waals surface area (Å²) in [5, 5.41) is 10.9. The average Bonchev–Trinajstić information content (AvgIpc) is 2.52. The molecule has 1 aromatic rings. The van der Waals surface area contributed by atoms with Gasteiger partial charge in [-0.25, -0.2) is 4.79 Å². The third kappa shape index (κ3) is 5.01. The van der Waals surface area contributed by atoms with Crippen molar-refractivity contribution in [3.8, 4) is 11.8 Å². The van der Waals surface area contributed by atoms with Crippen LogP contribution in [0.25, 0.3) is 0 Å². The molecule has 0 aromatic heterocycles. The largest absolute Gasteiger partial charge is 0.444 e. The van der Waals surface area contributed by atoms with E-state index in [0.29, 0.717) is 25.9 Å². The van der Waals surface area contributed by atoms with Gasteiger partial charge in [0, 0.05) is 24.6 Å². The highest BCUT2D eigenvalue weighted by atomic mass is 16.6. The van der Waals surface area contributed by atoms with Gasteiger partial charge in [-0.3, -0.25) is 0 Å². The topological polar surface area (TPSA) is 49.8 Å². The summed E-state index contributed by atoms with van der Waals surface area (Å²) in [6.07, 6.45) is 0.709. The molecule has 4 heteroatoms. The van der Waals surface area contributed by atoms with Crippen LogP contribution in [0.5, 0.6) is 0 Å². The number of carbonyl (C=O) groups excluding carboxylic acids is 1. The van der Waals surface area contributed by atoms with E-state index in [4.69, 9.17) is 4.74 Å². The summed E-state index contributed by atoms with van der Waals surface area (Å²) in [6, 6.07) is 9.75. The van der Waals surface area contributed by atoms with Gasteiger partial charge in [0.25, 0.3) is 0 Å². The number of benzene rings is 1. The number of rotatable bonds is 1. The third-order valence-electron chi connectivity index (χ3n) is 4.29. The Balaban J connectivity index is 1.94. The van der Waals surface area contributed by atoms with E-state index in [2.05, 4.69) is 11.8 Å². The summed E-state index contributed by atoms with van der Waals surface area (Å²) in [5.74, 6) is 6.12. The van der Waals surface area contributed by atoms with Crippen LogP contribution in [0.2, 0.25) is 0 Å². The van der Waals surface area contributed by atoms with Crippen molar-refractivity contribution in [2.24, 2.45) is 5.92 Å². The maximum Gasteiger partial charge on any atom is 0.410 e. The standard InChI is InChI=1S/C20H27NO3/c1-16(10-11-17-8-6-5-7-9-17)20(23)12-14-21(15-13-20)18(22)24-19(2,3)4/h5-9,16,23H,12-15H2,1-4H3/t16-/m0/s1. The van der Waals surface area contributed by atoms with Crippen molar-refractivity contribution in [2.75, 3.05) is 13.1 Å². The second kappa shape index (κ2) is 7.27. The first-order valence-corrected chi connectivity index (χ1v) is 8.46. The lowest BCUT2D eigenvalue weighted by molar-refractivity contribution is -0.0506. The fourth-order valence-corrected chi connectivity index (χ4v) is 2.68. The van der Waals surface area contributed by atoms with Crippen molar-refractivity contribution >= 4 is 6.09 Å². The lowest BCUT2D eigenvalue weighted by Gasteiger charge is -2.40. The molecule has 0 bridgehead atoms. The Hall–Kier alpha value is -1.99. The zero-order valence-electron chi connectivity index (χ0n) is 15.0. The Bertz CT molecular complexity index is 614. The Morgan fingerprint density at radius 3 is 2.38 bits per heavy atom. The molecule has 1 atom stereocenters. The molecule has 0 unspecified atom stereocenters.